The molecule has 0 aliphatic carbocycles. The minimum atomic E-state index is 0.219. The quantitative estimate of drug-likeness (QED) is 0.658. The van der Waals surface area contributed by atoms with Crippen molar-refractivity contribution in [2.24, 2.45) is 0 Å². The predicted octanol–water partition coefficient (Wildman–Crippen LogP) is 1.54. The van der Waals surface area contributed by atoms with Gasteiger partial charge in [-0.3, -0.25) is 0 Å². The van der Waals surface area contributed by atoms with Crippen LogP contribution in [-0.4, -0.2) is 47.9 Å². The highest BCUT2D eigenvalue weighted by atomic mass is 16.5. The van der Waals surface area contributed by atoms with E-state index in [4.69, 9.17) is 9.47 Å². The van der Waals surface area contributed by atoms with Crippen LogP contribution in [-0.2, 0) is 4.74 Å². The molecule has 0 radical (unpaired) electrons. The second-order valence-electron chi connectivity index (χ2n) is 4.21. The van der Waals surface area contributed by atoms with Crippen LogP contribution in [0.3, 0.4) is 0 Å². The Morgan fingerprint density at radius 1 is 1.11 bits per heavy atom. The molecule has 0 bridgehead atoms. The van der Waals surface area contributed by atoms with Crippen molar-refractivity contribution in [1.29, 1.82) is 0 Å². The van der Waals surface area contributed by atoms with E-state index in [1.54, 1.807) is 7.05 Å². The van der Waals surface area contributed by atoms with Gasteiger partial charge in [-0.1, -0.05) is 6.92 Å². The van der Waals surface area contributed by atoms with Gasteiger partial charge < -0.3 is 20.1 Å². The molecule has 1 heterocycles. The Bertz CT molecular complexity index is 373. The highest BCUT2D eigenvalue weighted by Crippen LogP contribution is 2.10. The summed E-state index contributed by atoms with van der Waals surface area (Å²) in [5, 5.41) is 5.96. The molecular weight excluding hydrogens is 246 g/mol. The Morgan fingerprint density at radius 3 is 2.47 bits per heavy atom. The van der Waals surface area contributed by atoms with Gasteiger partial charge in [0.15, 0.2) is 0 Å². The van der Waals surface area contributed by atoms with Crippen molar-refractivity contribution in [1.82, 2.24) is 15.0 Å². The molecule has 1 aromatic rings. The van der Waals surface area contributed by atoms with Crippen LogP contribution in [0.25, 0.3) is 0 Å². The van der Waals surface area contributed by atoms with Gasteiger partial charge >= 0.3 is 6.01 Å². The van der Waals surface area contributed by atoms with Crippen molar-refractivity contribution in [3.8, 4) is 6.01 Å². The zero-order valence-electron chi connectivity index (χ0n) is 12.1. The highest BCUT2D eigenvalue weighted by Gasteiger charge is 2.06. The van der Waals surface area contributed by atoms with Crippen LogP contribution in [0.5, 0.6) is 6.01 Å². The zero-order chi connectivity index (χ0) is 14.1. The monoisotopic (exact) mass is 269 g/mol. The Kier molecular flexibility index (Phi) is 6.88. The molecule has 0 saturated heterocycles. The van der Waals surface area contributed by atoms with Crippen LogP contribution in [0, 0.1) is 0 Å². The van der Waals surface area contributed by atoms with Crippen molar-refractivity contribution >= 4 is 11.9 Å². The first kappa shape index (κ1) is 15.4. The van der Waals surface area contributed by atoms with E-state index in [1.807, 2.05) is 20.8 Å². The molecule has 7 heteroatoms. The minimum absolute atomic E-state index is 0.219. The van der Waals surface area contributed by atoms with Crippen LogP contribution in [0.2, 0.25) is 0 Å². The second-order valence-corrected chi connectivity index (χ2v) is 4.21. The molecule has 1 rings (SSSR count). The molecule has 0 atom stereocenters. The number of hydrogen-bond acceptors (Lipinski definition) is 7. The number of rotatable bonds is 9. The number of nitrogens with one attached hydrogen (secondary N) is 2. The van der Waals surface area contributed by atoms with E-state index < -0.39 is 0 Å². The van der Waals surface area contributed by atoms with Crippen molar-refractivity contribution in [2.45, 2.75) is 33.3 Å². The minimum Gasteiger partial charge on any atom is -0.463 e. The van der Waals surface area contributed by atoms with Crippen LogP contribution in [0.1, 0.15) is 27.2 Å². The summed E-state index contributed by atoms with van der Waals surface area (Å²) in [7, 11) is 1.75. The van der Waals surface area contributed by atoms with Crippen LogP contribution in [0.4, 0.5) is 11.9 Å². The van der Waals surface area contributed by atoms with Gasteiger partial charge in [-0.2, -0.15) is 15.0 Å². The summed E-state index contributed by atoms with van der Waals surface area (Å²) in [6.45, 7) is 7.85. The second kappa shape index (κ2) is 8.47. The van der Waals surface area contributed by atoms with Crippen molar-refractivity contribution in [2.75, 3.05) is 37.4 Å². The lowest BCUT2D eigenvalue weighted by molar-refractivity contribution is 0.0869. The van der Waals surface area contributed by atoms with Gasteiger partial charge in [0.05, 0.1) is 19.3 Å². The highest BCUT2D eigenvalue weighted by molar-refractivity contribution is 5.35. The first-order chi connectivity index (χ1) is 9.15. The molecule has 0 aliphatic heterocycles. The van der Waals surface area contributed by atoms with Gasteiger partial charge in [-0.15, -0.1) is 0 Å². The fraction of sp³-hybridized carbons (Fsp3) is 0.750. The molecule has 1 aromatic heterocycles. The van der Waals surface area contributed by atoms with E-state index in [-0.39, 0.29) is 6.10 Å². The van der Waals surface area contributed by atoms with Crippen LogP contribution >= 0.6 is 0 Å². The maximum Gasteiger partial charge on any atom is 0.323 e. The summed E-state index contributed by atoms with van der Waals surface area (Å²) in [4.78, 5) is 12.5. The smallest absolute Gasteiger partial charge is 0.323 e. The maximum atomic E-state index is 5.43. The van der Waals surface area contributed by atoms with Gasteiger partial charge in [0.25, 0.3) is 0 Å². The molecule has 0 fully saturated rings. The largest absolute Gasteiger partial charge is 0.463 e. The lowest BCUT2D eigenvalue weighted by Gasteiger charge is -2.10. The fourth-order valence-electron chi connectivity index (χ4n) is 1.26. The average molecular weight is 269 g/mol. The number of aromatic nitrogens is 3. The zero-order valence-corrected chi connectivity index (χ0v) is 12.1. The van der Waals surface area contributed by atoms with Crippen molar-refractivity contribution in [3.63, 3.8) is 0 Å². The van der Waals surface area contributed by atoms with Gasteiger partial charge in [-0.05, 0) is 20.3 Å². The molecule has 0 spiro atoms. The first-order valence-electron chi connectivity index (χ1n) is 6.57. The van der Waals surface area contributed by atoms with E-state index in [0.29, 0.717) is 37.7 Å². The number of anilines is 2. The van der Waals surface area contributed by atoms with E-state index >= 15 is 0 Å². The SMILES string of the molecule is CCCOc1nc(NC)nc(NCCOC(C)C)n1. The molecule has 0 amide bonds. The summed E-state index contributed by atoms with van der Waals surface area (Å²) < 4.78 is 10.8. The van der Waals surface area contributed by atoms with Gasteiger partial charge in [0, 0.05) is 13.6 Å². The number of ether oxygens (including phenoxy) is 2. The summed E-state index contributed by atoms with van der Waals surface area (Å²) in [6.07, 6.45) is 1.13. The molecule has 108 valence electrons. The van der Waals surface area contributed by atoms with Gasteiger partial charge in [0.1, 0.15) is 0 Å². The molecule has 2 N–H and O–H groups in total. The third-order valence-corrected chi connectivity index (χ3v) is 2.11. The summed E-state index contributed by atoms with van der Waals surface area (Å²) in [6, 6.07) is 0.327. The molecular formula is C12H23N5O2. The topological polar surface area (TPSA) is 81.2 Å². The number of nitrogens with zero attached hydrogens (tertiary/aromatic N) is 3. The fourth-order valence-corrected chi connectivity index (χ4v) is 1.26. The Morgan fingerprint density at radius 2 is 1.84 bits per heavy atom. The number of hydrogen-bond donors (Lipinski definition) is 2. The normalized spacial score (nSPS) is 10.6. The lowest BCUT2D eigenvalue weighted by atomic mass is 10.5. The van der Waals surface area contributed by atoms with Gasteiger partial charge in [-0.25, -0.2) is 0 Å². The molecule has 0 aromatic carbocycles. The van der Waals surface area contributed by atoms with Crippen molar-refractivity contribution < 1.29 is 9.47 Å². The molecule has 19 heavy (non-hydrogen) atoms. The van der Waals surface area contributed by atoms with Gasteiger partial charge in [0.2, 0.25) is 11.9 Å². The molecule has 0 unspecified atom stereocenters. The molecule has 7 nitrogen and oxygen atoms in total. The van der Waals surface area contributed by atoms with Crippen molar-refractivity contribution in [3.05, 3.63) is 0 Å². The standard InChI is InChI=1S/C12H23N5O2/c1-5-7-19-12-16-10(13-4)15-11(17-12)14-6-8-18-9(2)3/h9H,5-8H2,1-4H3,(H2,13,14,15,16,17). The Hall–Kier alpha value is -1.63. The summed E-state index contributed by atoms with van der Waals surface area (Å²) in [5.41, 5.74) is 0. The average Bonchev–Trinajstić information content (AvgIpc) is 2.41. The Balaban J connectivity index is 2.55. The third-order valence-electron chi connectivity index (χ3n) is 2.11. The maximum absolute atomic E-state index is 5.43. The molecule has 0 aliphatic rings. The summed E-state index contributed by atoms with van der Waals surface area (Å²) >= 11 is 0. The van der Waals surface area contributed by atoms with E-state index in [1.165, 1.54) is 0 Å². The predicted molar refractivity (Wildman–Crippen MR) is 74.7 cm³/mol. The van der Waals surface area contributed by atoms with E-state index in [0.717, 1.165) is 6.42 Å². The summed E-state index contributed by atoms with van der Waals surface area (Å²) in [5.74, 6) is 0.964. The molecule has 0 saturated carbocycles. The van der Waals surface area contributed by atoms with Crippen LogP contribution in [0.15, 0.2) is 0 Å². The van der Waals surface area contributed by atoms with E-state index in [9.17, 15) is 0 Å². The third kappa shape index (κ3) is 6.19. The first-order valence-corrected chi connectivity index (χ1v) is 6.57. The van der Waals surface area contributed by atoms with Crippen LogP contribution < -0.4 is 15.4 Å². The lowest BCUT2D eigenvalue weighted by Crippen LogP contribution is -2.16. The Labute approximate surface area is 114 Å². The van der Waals surface area contributed by atoms with E-state index in [2.05, 4.69) is 25.6 Å².